The first-order valence-electron chi connectivity index (χ1n) is 4.96. The Labute approximate surface area is 107 Å². The molecule has 0 bridgehead atoms. The van der Waals surface area contributed by atoms with E-state index in [1.807, 2.05) is 0 Å². The standard InChI is InChI=1S/C11H13BrN2O3/c1-7(12)6-13-10(15)8(2)14-11(16)9-4-3-5-17-9/h3-5,8H,1,6H2,2H3,(H,13,15)(H,14,16). The molecule has 92 valence electrons. The summed E-state index contributed by atoms with van der Waals surface area (Å²) < 4.78 is 5.57. The minimum absolute atomic E-state index is 0.176. The Morgan fingerprint density at radius 2 is 2.29 bits per heavy atom. The van der Waals surface area contributed by atoms with Gasteiger partial charge >= 0.3 is 0 Å². The molecule has 1 aromatic rings. The second kappa shape index (κ2) is 6.24. The van der Waals surface area contributed by atoms with Gasteiger partial charge in [-0.2, -0.15) is 0 Å². The van der Waals surface area contributed by atoms with Gasteiger partial charge in [0.05, 0.1) is 6.26 Å². The number of halogens is 1. The van der Waals surface area contributed by atoms with Crippen LogP contribution in [0.5, 0.6) is 0 Å². The highest BCUT2D eigenvalue weighted by Gasteiger charge is 2.17. The first kappa shape index (κ1) is 13.5. The smallest absolute Gasteiger partial charge is 0.287 e. The third-order valence-corrected chi connectivity index (χ3v) is 2.22. The molecule has 0 aliphatic rings. The zero-order valence-corrected chi connectivity index (χ0v) is 10.9. The quantitative estimate of drug-likeness (QED) is 0.864. The van der Waals surface area contributed by atoms with Gasteiger partial charge in [-0.1, -0.05) is 22.5 Å². The van der Waals surface area contributed by atoms with E-state index in [9.17, 15) is 9.59 Å². The molecule has 1 unspecified atom stereocenters. The average molecular weight is 301 g/mol. The van der Waals surface area contributed by atoms with Crippen LogP contribution in [-0.4, -0.2) is 24.4 Å². The first-order valence-corrected chi connectivity index (χ1v) is 5.75. The van der Waals surface area contributed by atoms with Crippen LogP contribution in [0.1, 0.15) is 17.5 Å². The van der Waals surface area contributed by atoms with Crippen molar-refractivity contribution in [3.8, 4) is 0 Å². The molecule has 1 aromatic heterocycles. The van der Waals surface area contributed by atoms with Crippen molar-refractivity contribution in [3.05, 3.63) is 35.2 Å². The van der Waals surface area contributed by atoms with Gasteiger partial charge in [0.25, 0.3) is 5.91 Å². The number of carbonyl (C=O) groups is 2. The highest BCUT2D eigenvalue weighted by atomic mass is 79.9. The van der Waals surface area contributed by atoms with Crippen molar-refractivity contribution >= 4 is 27.7 Å². The number of carbonyl (C=O) groups excluding carboxylic acids is 2. The van der Waals surface area contributed by atoms with Crippen molar-refractivity contribution in [1.29, 1.82) is 0 Å². The van der Waals surface area contributed by atoms with Gasteiger partial charge in [-0.05, 0) is 19.1 Å². The summed E-state index contributed by atoms with van der Waals surface area (Å²) in [7, 11) is 0. The summed E-state index contributed by atoms with van der Waals surface area (Å²) in [6.07, 6.45) is 1.40. The maximum atomic E-state index is 11.5. The Morgan fingerprint density at radius 3 is 2.82 bits per heavy atom. The maximum Gasteiger partial charge on any atom is 0.287 e. The molecule has 0 aliphatic carbocycles. The molecule has 0 aromatic carbocycles. The maximum absolute atomic E-state index is 11.5. The van der Waals surface area contributed by atoms with Crippen molar-refractivity contribution in [2.45, 2.75) is 13.0 Å². The third kappa shape index (κ3) is 4.44. The lowest BCUT2D eigenvalue weighted by Crippen LogP contribution is -2.45. The predicted molar refractivity (Wildman–Crippen MR) is 66.7 cm³/mol. The molecule has 2 N–H and O–H groups in total. The van der Waals surface area contributed by atoms with Crippen molar-refractivity contribution < 1.29 is 14.0 Å². The monoisotopic (exact) mass is 300 g/mol. The molecule has 0 saturated carbocycles. The molecule has 0 saturated heterocycles. The lowest BCUT2D eigenvalue weighted by molar-refractivity contribution is -0.122. The summed E-state index contributed by atoms with van der Waals surface area (Å²) in [6, 6.07) is 2.49. The Balaban J connectivity index is 2.43. The van der Waals surface area contributed by atoms with Crippen molar-refractivity contribution in [2.75, 3.05) is 6.54 Å². The number of hydrogen-bond donors (Lipinski definition) is 2. The number of hydrogen-bond acceptors (Lipinski definition) is 3. The van der Waals surface area contributed by atoms with Gasteiger partial charge in [-0.25, -0.2) is 0 Å². The van der Waals surface area contributed by atoms with E-state index in [0.717, 1.165) is 0 Å². The van der Waals surface area contributed by atoms with Crippen LogP contribution in [0.15, 0.2) is 33.9 Å². The number of amides is 2. The number of furan rings is 1. The van der Waals surface area contributed by atoms with Crippen LogP contribution >= 0.6 is 15.9 Å². The van der Waals surface area contributed by atoms with Gasteiger partial charge in [-0.15, -0.1) is 0 Å². The molecule has 1 atom stereocenters. The van der Waals surface area contributed by atoms with Gasteiger partial charge in [-0.3, -0.25) is 9.59 Å². The first-order chi connectivity index (χ1) is 8.00. The molecule has 2 amide bonds. The van der Waals surface area contributed by atoms with Crippen LogP contribution in [0.3, 0.4) is 0 Å². The summed E-state index contributed by atoms with van der Waals surface area (Å²) >= 11 is 3.12. The van der Waals surface area contributed by atoms with Gasteiger partial charge in [0, 0.05) is 11.0 Å². The second-order valence-electron chi connectivity index (χ2n) is 3.41. The van der Waals surface area contributed by atoms with Crippen molar-refractivity contribution in [1.82, 2.24) is 10.6 Å². The van der Waals surface area contributed by atoms with Crippen LogP contribution in [0, 0.1) is 0 Å². The van der Waals surface area contributed by atoms with E-state index in [-0.39, 0.29) is 11.7 Å². The van der Waals surface area contributed by atoms with Crippen molar-refractivity contribution in [2.24, 2.45) is 0 Å². The van der Waals surface area contributed by atoms with Gasteiger partial charge in [0.1, 0.15) is 6.04 Å². The fraction of sp³-hybridized carbons (Fsp3) is 0.273. The molecule has 17 heavy (non-hydrogen) atoms. The molecule has 0 aliphatic heterocycles. The van der Waals surface area contributed by atoms with E-state index in [0.29, 0.717) is 11.0 Å². The normalized spacial score (nSPS) is 11.6. The fourth-order valence-corrected chi connectivity index (χ4v) is 1.22. The van der Waals surface area contributed by atoms with Crippen LogP contribution in [-0.2, 0) is 4.79 Å². The second-order valence-corrected chi connectivity index (χ2v) is 4.53. The molecular weight excluding hydrogens is 288 g/mol. The SMILES string of the molecule is C=C(Br)CNC(=O)C(C)NC(=O)c1ccco1. The van der Waals surface area contributed by atoms with Gasteiger partial charge in [0.15, 0.2) is 5.76 Å². The predicted octanol–water partition coefficient (Wildman–Crippen LogP) is 1.42. The molecule has 0 fully saturated rings. The molecular formula is C11H13BrN2O3. The largest absolute Gasteiger partial charge is 0.459 e. The van der Waals surface area contributed by atoms with E-state index in [1.165, 1.54) is 12.3 Å². The van der Waals surface area contributed by atoms with E-state index in [1.54, 1.807) is 13.0 Å². The molecule has 1 heterocycles. The lowest BCUT2D eigenvalue weighted by atomic mass is 10.3. The Bertz CT molecular complexity index is 414. The summed E-state index contributed by atoms with van der Waals surface area (Å²) in [4.78, 5) is 23.1. The molecule has 6 heteroatoms. The van der Waals surface area contributed by atoms with Crippen LogP contribution < -0.4 is 10.6 Å². The highest BCUT2D eigenvalue weighted by molar-refractivity contribution is 9.11. The van der Waals surface area contributed by atoms with E-state index in [2.05, 4.69) is 33.1 Å². The molecule has 5 nitrogen and oxygen atoms in total. The van der Waals surface area contributed by atoms with Crippen LogP contribution in [0.2, 0.25) is 0 Å². The fourth-order valence-electron chi connectivity index (χ4n) is 1.08. The van der Waals surface area contributed by atoms with Gasteiger partial charge in [0.2, 0.25) is 5.91 Å². The van der Waals surface area contributed by atoms with Gasteiger partial charge < -0.3 is 15.1 Å². The molecule has 1 rings (SSSR count). The number of rotatable bonds is 5. The lowest BCUT2D eigenvalue weighted by Gasteiger charge is -2.12. The third-order valence-electron chi connectivity index (χ3n) is 1.94. The zero-order valence-electron chi connectivity index (χ0n) is 9.33. The Morgan fingerprint density at radius 1 is 1.59 bits per heavy atom. The summed E-state index contributed by atoms with van der Waals surface area (Å²) in [5.41, 5.74) is 0. The number of nitrogens with one attached hydrogen (secondary N) is 2. The summed E-state index contributed by atoms with van der Waals surface area (Å²) in [5.74, 6) is -0.532. The minimum atomic E-state index is -0.639. The average Bonchev–Trinajstić information content (AvgIpc) is 2.78. The van der Waals surface area contributed by atoms with E-state index in [4.69, 9.17) is 4.42 Å². The van der Waals surface area contributed by atoms with Crippen molar-refractivity contribution in [3.63, 3.8) is 0 Å². The van der Waals surface area contributed by atoms with E-state index < -0.39 is 11.9 Å². The van der Waals surface area contributed by atoms with E-state index >= 15 is 0 Å². The zero-order chi connectivity index (χ0) is 12.8. The Kier molecular flexibility index (Phi) is 4.96. The molecule has 0 spiro atoms. The topological polar surface area (TPSA) is 71.3 Å². The highest BCUT2D eigenvalue weighted by Crippen LogP contribution is 2.00. The Hall–Kier alpha value is -1.56. The minimum Gasteiger partial charge on any atom is -0.459 e. The van der Waals surface area contributed by atoms with Crippen LogP contribution in [0.25, 0.3) is 0 Å². The molecule has 0 radical (unpaired) electrons. The summed E-state index contributed by atoms with van der Waals surface area (Å²) in [5, 5.41) is 5.12. The summed E-state index contributed by atoms with van der Waals surface area (Å²) in [6.45, 7) is 5.50. The van der Waals surface area contributed by atoms with Crippen LogP contribution in [0.4, 0.5) is 0 Å².